The molecule has 4 rings (SSSR count). The van der Waals surface area contributed by atoms with Gasteiger partial charge >= 0.3 is 0 Å². The first-order valence-electron chi connectivity index (χ1n) is 6.72. The first kappa shape index (κ1) is 13.2. The summed E-state index contributed by atoms with van der Waals surface area (Å²) in [6, 6.07) is 6.23. The van der Waals surface area contributed by atoms with E-state index in [0.29, 0.717) is 0 Å². The molecule has 3 aromatic carbocycles. The highest BCUT2D eigenvalue weighted by molar-refractivity contribution is 6.21. The van der Waals surface area contributed by atoms with Crippen molar-refractivity contribution >= 4 is 43.7 Å². The fourth-order valence-electron chi connectivity index (χ4n) is 3.09. The zero-order valence-corrected chi connectivity index (χ0v) is 11.6. The van der Waals surface area contributed by atoms with Gasteiger partial charge in [-0.25, -0.2) is 0 Å². The topological polar surface area (TPSA) is 136 Å². The third kappa shape index (κ3) is 1.43. The summed E-state index contributed by atoms with van der Waals surface area (Å²) in [5, 5.41) is -0.228. The van der Waals surface area contributed by atoms with Crippen LogP contribution in [0.4, 0.5) is 11.4 Å². The summed E-state index contributed by atoms with van der Waals surface area (Å²) < 4.78 is 0. The molecule has 1 aromatic heterocycles. The lowest BCUT2D eigenvalue weighted by atomic mass is 9.96. The molecular formula is C16H9N3O4. The van der Waals surface area contributed by atoms with Crippen LogP contribution in [0.25, 0.3) is 32.3 Å². The summed E-state index contributed by atoms with van der Waals surface area (Å²) in [6.45, 7) is 0. The van der Waals surface area contributed by atoms with Gasteiger partial charge in [-0.2, -0.15) is 0 Å². The number of aromatic nitrogens is 1. The standard InChI is InChI=1S/C16H9N3O4/c17-11-9-7(8-10(12(11)18)16(23)19-15(8)22)13(20)5-3-1-2-4-6(5)14(9)21/h1-4H,17-18H2,(H,19,22,23). The minimum absolute atomic E-state index is 0.116. The molecule has 5 N–H and O–H groups in total. The molecule has 0 aliphatic heterocycles. The molecule has 0 atom stereocenters. The van der Waals surface area contributed by atoms with Gasteiger partial charge < -0.3 is 11.5 Å². The van der Waals surface area contributed by atoms with Crippen molar-refractivity contribution in [3.8, 4) is 0 Å². The maximum absolute atomic E-state index is 12.8. The number of nitrogen functional groups attached to an aromatic ring is 2. The molecule has 0 saturated heterocycles. The second kappa shape index (κ2) is 4.04. The number of aromatic amines is 1. The molecule has 0 spiro atoms. The lowest BCUT2D eigenvalue weighted by Crippen LogP contribution is -2.17. The number of H-pyrrole nitrogens is 1. The van der Waals surface area contributed by atoms with E-state index in [1.54, 1.807) is 12.1 Å². The molecule has 4 aromatic rings. The lowest BCUT2D eigenvalue weighted by Gasteiger charge is -2.07. The summed E-state index contributed by atoms with van der Waals surface area (Å²) in [4.78, 5) is 51.6. The van der Waals surface area contributed by atoms with Crippen LogP contribution in [0.2, 0.25) is 0 Å². The van der Waals surface area contributed by atoms with Crippen LogP contribution < -0.4 is 33.4 Å². The minimum Gasteiger partial charge on any atom is -0.396 e. The lowest BCUT2D eigenvalue weighted by molar-refractivity contribution is 1.26. The Bertz CT molecular complexity index is 1360. The van der Waals surface area contributed by atoms with Gasteiger partial charge in [-0.05, 0) is 0 Å². The van der Waals surface area contributed by atoms with Gasteiger partial charge in [-0.1, -0.05) is 24.3 Å². The Labute approximate surface area is 126 Å². The number of rotatable bonds is 0. The van der Waals surface area contributed by atoms with E-state index in [1.807, 2.05) is 0 Å². The van der Waals surface area contributed by atoms with Crippen molar-refractivity contribution in [2.45, 2.75) is 0 Å². The Morgan fingerprint density at radius 2 is 1.13 bits per heavy atom. The molecule has 0 amide bonds. The molecule has 7 heteroatoms. The number of nitrogens with two attached hydrogens (primary N) is 2. The molecular weight excluding hydrogens is 298 g/mol. The van der Waals surface area contributed by atoms with Crippen molar-refractivity contribution in [1.29, 1.82) is 0 Å². The van der Waals surface area contributed by atoms with E-state index in [-0.39, 0.29) is 43.7 Å². The minimum atomic E-state index is -0.756. The molecule has 0 fully saturated rings. The van der Waals surface area contributed by atoms with Gasteiger partial charge in [-0.15, -0.1) is 0 Å². The molecule has 23 heavy (non-hydrogen) atoms. The van der Waals surface area contributed by atoms with E-state index in [4.69, 9.17) is 11.5 Å². The molecule has 112 valence electrons. The van der Waals surface area contributed by atoms with Gasteiger partial charge in [0.1, 0.15) is 0 Å². The van der Waals surface area contributed by atoms with Gasteiger partial charge in [0.25, 0.3) is 11.1 Å². The van der Waals surface area contributed by atoms with Crippen LogP contribution in [0.5, 0.6) is 0 Å². The highest BCUT2D eigenvalue weighted by Crippen LogP contribution is 2.31. The van der Waals surface area contributed by atoms with Crippen molar-refractivity contribution in [3.05, 3.63) is 65.4 Å². The van der Waals surface area contributed by atoms with Crippen LogP contribution in [0.3, 0.4) is 0 Å². The van der Waals surface area contributed by atoms with Crippen LogP contribution in [-0.2, 0) is 0 Å². The fraction of sp³-hybridized carbons (Fsp3) is 0. The third-order valence-corrected chi connectivity index (χ3v) is 4.13. The van der Waals surface area contributed by atoms with Gasteiger partial charge in [0.05, 0.1) is 27.5 Å². The molecule has 1 heterocycles. The second-order valence-electron chi connectivity index (χ2n) is 5.31. The fourth-order valence-corrected chi connectivity index (χ4v) is 3.09. The number of anilines is 2. The van der Waals surface area contributed by atoms with Gasteiger partial charge in [0, 0.05) is 16.2 Å². The smallest absolute Gasteiger partial charge is 0.261 e. The van der Waals surface area contributed by atoms with E-state index in [1.165, 1.54) is 12.1 Å². The molecule has 0 bridgehead atoms. The Hall–Kier alpha value is -3.48. The van der Waals surface area contributed by atoms with Crippen LogP contribution in [0, 0.1) is 0 Å². The van der Waals surface area contributed by atoms with Crippen LogP contribution in [0.15, 0.2) is 43.4 Å². The van der Waals surface area contributed by atoms with E-state index in [2.05, 4.69) is 4.98 Å². The highest BCUT2D eigenvalue weighted by atomic mass is 16.2. The first-order chi connectivity index (χ1) is 10.9. The van der Waals surface area contributed by atoms with Gasteiger partial charge in [0.2, 0.25) is 0 Å². The van der Waals surface area contributed by atoms with Crippen LogP contribution in [0.1, 0.15) is 0 Å². The first-order valence-corrected chi connectivity index (χ1v) is 6.72. The molecule has 0 unspecified atom stereocenters. The molecule has 0 aliphatic rings. The van der Waals surface area contributed by atoms with Gasteiger partial charge in [0.15, 0.2) is 10.9 Å². The van der Waals surface area contributed by atoms with E-state index in [9.17, 15) is 19.2 Å². The maximum atomic E-state index is 12.8. The maximum Gasteiger partial charge on any atom is 0.261 e. The predicted octanol–water partition coefficient (Wildman–Crippen LogP) is -0.0449. The zero-order chi connectivity index (χ0) is 16.5. The molecule has 7 nitrogen and oxygen atoms in total. The molecule has 0 saturated carbocycles. The number of benzene rings is 3. The van der Waals surface area contributed by atoms with E-state index in [0.717, 1.165) is 0 Å². The van der Waals surface area contributed by atoms with Crippen molar-refractivity contribution in [2.24, 2.45) is 0 Å². The highest BCUT2D eigenvalue weighted by Gasteiger charge is 2.22. The predicted molar refractivity (Wildman–Crippen MR) is 89.6 cm³/mol. The normalized spacial score (nSPS) is 11.7. The van der Waals surface area contributed by atoms with E-state index < -0.39 is 22.0 Å². The Kier molecular flexibility index (Phi) is 2.32. The van der Waals surface area contributed by atoms with Crippen molar-refractivity contribution < 1.29 is 0 Å². The van der Waals surface area contributed by atoms with Crippen molar-refractivity contribution in [2.75, 3.05) is 11.5 Å². The summed E-state index contributed by atoms with van der Waals surface area (Å²) in [7, 11) is 0. The largest absolute Gasteiger partial charge is 0.396 e. The Balaban J connectivity index is 2.60. The number of hydrogen-bond donors (Lipinski definition) is 3. The summed E-state index contributed by atoms with van der Waals surface area (Å²) in [5.41, 5.74) is 8.92. The Morgan fingerprint density at radius 1 is 0.652 bits per heavy atom. The zero-order valence-electron chi connectivity index (χ0n) is 11.6. The summed E-state index contributed by atoms with van der Waals surface area (Å²) in [6.07, 6.45) is 0. The molecule has 0 radical (unpaired) electrons. The Morgan fingerprint density at radius 3 is 1.74 bits per heavy atom. The SMILES string of the molecule is Nc1c(N)c2c(=O)c3ccccc3c(=O)c2c2c(=O)[nH]c(=O)c12. The second-order valence-corrected chi connectivity index (χ2v) is 5.31. The van der Waals surface area contributed by atoms with Crippen molar-refractivity contribution in [3.63, 3.8) is 0 Å². The average Bonchev–Trinajstić information content (AvgIpc) is 2.83. The summed E-state index contributed by atoms with van der Waals surface area (Å²) in [5.74, 6) is 0. The molecule has 0 aliphatic carbocycles. The number of hydrogen-bond acceptors (Lipinski definition) is 6. The van der Waals surface area contributed by atoms with E-state index >= 15 is 0 Å². The quantitative estimate of drug-likeness (QED) is 0.237. The van der Waals surface area contributed by atoms with Crippen molar-refractivity contribution in [1.82, 2.24) is 4.98 Å². The average molecular weight is 307 g/mol. The number of nitrogens with one attached hydrogen (secondary N) is 1. The summed E-state index contributed by atoms with van der Waals surface area (Å²) >= 11 is 0. The van der Waals surface area contributed by atoms with Crippen LogP contribution in [-0.4, -0.2) is 4.98 Å². The van der Waals surface area contributed by atoms with Crippen LogP contribution >= 0.6 is 0 Å². The van der Waals surface area contributed by atoms with Gasteiger partial charge in [-0.3, -0.25) is 24.2 Å². The number of fused-ring (bicyclic) bond motifs is 4. The third-order valence-electron chi connectivity index (χ3n) is 4.13. The monoisotopic (exact) mass is 307 g/mol.